The van der Waals surface area contributed by atoms with Gasteiger partial charge in [-0.1, -0.05) is 133 Å². The molecule has 0 saturated heterocycles. The Hall–Kier alpha value is -8.34. The van der Waals surface area contributed by atoms with Crippen molar-refractivity contribution in [3.05, 3.63) is 224 Å². The maximum atomic E-state index is 7.14. The minimum Gasteiger partial charge on any atom is -0.455 e. The van der Waals surface area contributed by atoms with Crippen LogP contribution < -0.4 is 4.90 Å². The number of benzene rings is 10. The highest BCUT2D eigenvalue weighted by Crippen LogP contribution is 2.45. The fourth-order valence-electron chi connectivity index (χ4n) is 9.94. The van der Waals surface area contributed by atoms with Crippen molar-refractivity contribution in [2.24, 2.45) is 0 Å². The Morgan fingerprint density at radius 3 is 1.39 bits per heavy atom. The van der Waals surface area contributed by atoms with E-state index in [9.17, 15) is 0 Å². The molecule has 0 amide bonds. The second-order valence-electron chi connectivity index (χ2n) is 16.1. The van der Waals surface area contributed by atoms with E-state index in [-0.39, 0.29) is 0 Å². The maximum Gasteiger partial charge on any atom is 0.145 e. The van der Waals surface area contributed by atoms with E-state index in [4.69, 9.17) is 4.42 Å². The van der Waals surface area contributed by atoms with Gasteiger partial charge in [0.25, 0.3) is 0 Å². The molecular formula is C58H37N3O. The molecule has 290 valence electrons. The van der Waals surface area contributed by atoms with Crippen LogP contribution in [0.15, 0.2) is 229 Å². The Morgan fingerprint density at radius 1 is 0.306 bits per heavy atom. The van der Waals surface area contributed by atoms with Crippen LogP contribution in [-0.4, -0.2) is 9.13 Å². The maximum absolute atomic E-state index is 7.14. The van der Waals surface area contributed by atoms with Gasteiger partial charge in [0.1, 0.15) is 11.2 Å². The zero-order chi connectivity index (χ0) is 40.7. The lowest BCUT2D eigenvalue weighted by molar-refractivity contribution is 0.677. The van der Waals surface area contributed by atoms with E-state index in [0.29, 0.717) is 0 Å². The highest BCUT2D eigenvalue weighted by Gasteiger charge is 2.23. The van der Waals surface area contributed by atoms with Gasteiger partial charge < -0.3 is 18.5 Å². The van der Waals surface area contributed by atoms with E-state index in [0.717, 1.165) is 94.3 Å². The van der Waals surface area contributed by atoms with Crippen LogP contribution in [0.3, 0.4) is 0 Å². The van der Waals surface area contributed by atoms with E-state index in [2.05, 4.69) is 238 Å². The largest absolute Gasteiger partial charge is 0.455 e. The van der Waals surface area contributed by atoms with Crippen LogP contribution in [0.4, 0.5) is 17.1 Å². The normalized spacial score (nSPS) is 11.9. The second-order valence-corrected chi connectivity index (χ2v) is 16.1. The van der Waals surface area contributed by atoms with Crippen molar-refractivity contribution < 1.29 is 4.42 Å². The Kier molecular flexibility index (Phi) is 7.57. The number of rotatable bonds is 6. The molecule has 4 heteroatoms. The first-order valence-corrected chi connectivity index (χ1v) is 21.2. The summed E-state index contributed by atoms with van der Waals surface area (Å²) in [6, 6.07) is 80.6. The van der Waals surface area contributed by atoms with Gasteiger partial charge in [0, 0.05) is 49.7 Å². The van der Waals surface area contributed by atoms with Gasteiger partial charge in [0.15, 0.2) is 0 Å². The van der Waals surface area contributed by atoms with Gasteiger partial charge in [0.05, 0.1) is 38.5 Å². The van der Waals surface area contributed by atoms with Gasteiger partial charge in [-0.2, -0.15) is 0 Å². The molecule has 0 aliphatic rings. The molecule has 0 aliphatic carbocycles. The molecule has 13 rings (SSSR count). The van der Waals surface area contributed by atoms with Crippen LogP contribution in [0.1, 0.15) is 0 Å². The molecule has 0 bridgehead atoms. The van der Waals surface area contributed by atoms with Crippen molar-refractivity contribution in [3.63, 3.8) is 0 Å². The van der Waals surface area contributed by atoms with Crippen molar-refractivity contribution in [1.82, 2.24) is 9.13 Å². The number of hydrogen-bond donors (Lipinski definition) is 0. The highest BCUT2D eigenvalue weighted by atomic mass is 16.3. The van der Waals surface area contributed by atoms with Crippen LogP contribution in [0.25, 0.3) is 98.8 Å². The molecule has 3 aromatic heterocycles. The monoisotopic (exact) mass is 791 g/mol. The van der Waals surface area contributed by atoms with Crippen LogP contribution in [0.5, 0.6) is 0 Å². The van der Waals surface area contributed by atoms with Gasteiger partial charge in [0.2, 0.25) is 0 Å². The zero-order valence-corrected chi connectivity index (χ0v) is 33.6. The van der Waals surface area contributed by atoms with Crippen molar-refractivity contribution >= 4 is 93.4 Å². The van der Waals surface area contributed by atoms with Gasteiger partial charge >= 0.3 is 0 Å². The molecule has 13 aromatic rings. The number of aromatic nitrogens is 2. The lowest BCUT2D eigenvalue weighted by Gasteiger charge is -2.27. The van der Waals surface area contributed by atoms with Crippen LogP contribution in [0, 0.1) is 0 Å². The molecule has 10 aromatic carbocycles. The van der Waals surface area contributed by atoms with Gasteiger partial charge in [-0.3, -0.25) is 0 Å². The average molecular weight is 792 g/mol. The summed E-state index contributed by atoms with van der Waals surface area (Å²) in [6.07, 6.45) is 0. The first-order chi connectivity index (χ1) is 30.8. The van der Waals surface area contributed by atoms with Crippen LogP contribution in [0.2, 0.25) is 0 Å². The first-order valence-electron chi connectivity index (χ1n) is 21.2. The third kappa shape index (κ3) is 5.14. The van der Waals surface area contributed by atoms with Gasteiger partial charge in [-0.15, -0.1) is 0 Å². The minimum atomic E-state index is 0.918. The number of hydrogen-bond acceptors (Lipinski definition) is 2. The summed E-state index contributed by atoms with van der Waals surface area (Å²) >= 11 is 0. The lowest BCUT2D eigenvalue weighted by Crippen LogP contribution is -2.10. The smallest absolute Gasteiger partial charge is 0.145 e. The number of para-hydroxylation sites is 4. The topological polar surface area (TPSA) is 26.2 Å². The third-order valence-corrected chi connectivity index (χ3v) is 12.7. The van der Waals surface area contributed by atoms with Crippen molar-refractivity contribution in [2.75, 3.05) is 4.90 Å². The molecule has 0 saturated carbocycles. The first kappa shape index (κ1) is 34.5. The predicted molar refractivity (Wildman–Crippen MR) is 260 cm³/mol. The Balaban J connectivity index is 0.919. The number of anilines is 3. The highest BCUT2D eigenvalue weighted by molar-refractivity contribution is 6.29. The Morgan fingerprint density at radius 2 is 0.774 bits per heavy atom. The Bertz CT molecular complexity index is 3830. The fraction of sp³-hybridized carbons (Fsp3) is 0. The second kappa shape index (κ2) is 13.6. The molecule has 62 heavy (non-hydrogen) atoms. The zero-order valence-electron chi connectivity index (χ0n) is 33.6. The van der Waals surface area contributed by atoms with E-state index in [1.807, 2.05) is 0 Å². The molecule has 0 unspecified atom stereocenters. The lowest BCUT2D eigenvalue weighted by atomic mass is 10.0. The van der Waals surface area contributed by atoms with E-state index in [1.54, 1.807) is 0 Å². The molecular weight excluding hydrogens is 755 g/mol. The van der Waals surface area contributed by atoms with Gasteiger partial charge in [-0.25, -0.2) is 0 Å². The molecule has 0 fully saturated rings. The number of furan rings is 1. The van der Waals surface area contributed by atoms with Crippen LogP contribution >= 0.6 is 0 Å². The van der Waals surface area contributed by atoms with Crippen molar-refractivity contribution in [3.8, 4) is 22.5 Å². The Labute approximate surface area is 357 Å². The summed E-state index contributed by atoms with van der Waals surface area (Å²) in [6.45, 7) is 0. The summed E-state index contributed by atoms with van der Waals surface area (Å²) < 4.78 is 11.9. The molecule has 0 spiro atoms. The molecule has 3 heterocycles. The molecule has 4 nitrogen and oxygen atoms in total. The number of fused-ring (bicyclic) bond motifs is 12. The summed E-state index contributed by atoms with van der Waals surface area (Å²) in [4.78, 5) is 2.35. The summed E-state index contributed by atoms with van der Waals surface area (Å²) in [7, 11) is 0. The van der Waals surface area contributed by atoms with Crippen LogP contribution in [-0.2, 0) is 0 Å². The summed E-state index contributed by atoms with van der Waals surface area (Å²) in [5.41, 5.74) is 14.4. The average Bonchev–Trinajstić information content (AvgIpc) is 4.00. The van der Waals surface area contributed by atoms with E-state index >= 15 is 0 Å². The molecule has 0 aliphatic heterocycles. The van der Waals surface area contributed by atoms with E-state index in [1.165, 1.54) is 21.5 Å². The van der Waals surface area contributed by atoms with E-state index < -0.39 is 0 Å². The van der Waals surface area contributed by atoms with Gasteiger partial charge in [-0.05, 0) is 108 Å². The fourth-order valence-corrected chi connectivity index (χ4v) is 9.94. The molecule has 0 atom stereocenters. The standard InChI is InChI=1S/C58H37N3O/c1-3-16-41(17-4-1)59(50-25-13-15-40-14-7-8-20-45(40)50)43-30-26-38(27-31-43)39-28-32-44(33-29-39)61-52-24-12-10-22-49(52)56-54(61)37-35-47-46-34-36-53-55(57(46)62-58(47)56)48-21-9-11-23-51(48)60(53)42-18-5-2-6-19-42/h1-37H. The third-order valence-electron chi connectivity index (χ3n) is 12.7. The molecule has 0 radical (unpaired) electrons. The quantitative estimate of drug-likeness (QED) is 0.168. The molecule has 0 N–H and O–H groups in total. The predicted octanol–water partition coefficient (Wildman–Crippen LogP) is 16.1. The van der Waals surface area contributed by atoms with Crippen molar-refractivity contribution in [2.45, 2.75) is 0 Å². The minimum absolute atomic E-state index is 0.918. The van der Waals surface area contributed by atoms with Crippen molar-refractivity contribution in [1.29, 1.82) is 0 Å². The summed E-state index contributed by atoms with van der Waals surface area (Å²) in [5, 5.41) is 9.31. The SMILES string of the molecule is c1ccc(N(c2ccc(-c3ccc(-n4c5ccccc5c5c6oc7c(ccc8c7c7ccccc7n8-c7ccccc7)c6ccc54)cc3)cc2)c2cccc3ccccc23)cc1. The number of nitrogens with zero attached hydrogens (tertiary/aromatic N) is 3. The summed E-state index contributed by atoms with van der Waals surface area (Å²) in [5.74, 6) is 0.